The van der Waals surface area contributed by atoms with Crippen molar-refractivity contribution in [3.05, 3.63) is 95.6 Å². The summed E-state index contributed by atoms with van der Waals surface area (Å²) in [6.45, 7) is 4.32. The third kappa shape index (κ3) is 8.00. The van der Waals surface area contributed by atoms with Gasteiger partial charge in [0.2, 0.25) is 11.8 Å². The summed E-state index contributed by atoms with van der Waals surface area (Å²) in [5, 5.41) is 6.81. The van der Waals surface area contributed by atoms with E-state index in [0.717, 1.165) is 36.5 Å². The Bertz CT molecular complexity index is 1610. The maximum Gasteiger partial charge on any atom is 0.416 e. The van der Waals surface area contributed by atoms with Gasteiger partial charge in [-0.3, -0.25) is 9.59 Å². The molecule has 0 radical (unpaired) electrons. The topological polar surface area (TPSA) is 80.4 Å². The molecule has 9 nitrogen and oxygen atoms in total. The highest BCUT2D eigenvalue weighted by molar-refractivity contribution is 7.80. The third-order valence-corrected chi connectivity index (χ3v) is 10.1. The van der Waals surface area contributed by atoms with E-state index in [0.29, 0.717) is 62.1 Å². The normalized spacial score (nSPS) is 19.8. The van der Waals surface area contributed by atoms with E-state index in [1.807, 2.05) is 61.6 Å². The molecule has 2 amide bonds. The van der Waals surface area contributed by atoms with Crippen molar-refractivity contribution >= 4 is 40.5 Å². The number of amides is 2. The maximum atomic E-state index is 14.5. The van der Waals surface area contributed by atoms with E-state index in [1.165, 1.54) is 12.1 Å². The monoisotopic (exact) mass is 694 g/mol. The molecule has 0 bridgehead atoms. The summed E-state index contributed by atoms with van der Waals surface area (Å²) in [6.07, 6.45) is -3.79. The Labute approximate surface area is 290 Å². The van der Waals surface area contributed by atoms with Crippen molar-refractivity contribution in [2.45, 2.75) is 37.1 Å². The van der Waals surface area contributed by atoms with Crippen LogP contribution in [-0.4, -0.2) is 96.7 Å². The first-order chi connectivity index (χ1) is 23.5. The van der Waals surface area contributed by atoms with Crippen molar-refractivity contribution in [1.82, 2.24) is 20.0 Å². The molecule has 3 saturated heterocycles. The number of halogens is 3. The van der Waals surface area contributed by atoms with Crippen LogP contribution in [0.15, 0.2) is 78.9 Å². The first-order valence-corrected chi connectivity index (χ1v) is 16.9. The summed E-state index contributed by atoms with van der Waals surface area (Å²) in [7, 11) is 1.96. The van der Waals surface area contributed by atoms with Crippen LogP contribution in [0.2, 0.25) is 0 Å². The highest BCUT2D eigenvalue weighted by Crippen LogP contribution is 2.34. The van der Waals surface area contributed by atoms with Crippen LogP contribution in [-0.2, 0) is 27.0 Å². The second kappa shape index (κ2) is 14.7. The minimum atomic E-state index is -4.49. The zero-order valence-electron chi connectivity index (χ0n) is 27.4. The van der Waals surface area contributed by atoms with Gasteiger partial charge in [-0.05, 0) is 79.6 Å². The van der Waals surface area contributed by atoms with Gasteiger partial charge in [0, 0.05) is 50.6 Å². The van der Waals surface area contributed by atoms with Crippen LogP contribution in [0, 0.1) is 0 Å². The lowest BCUT2D eigenvalue weighted by Crippen LogP contribution is -2.64. The third-order valence-electron chi connectivity index (χ3n) is 9.69. The summed E-state index contributed by atoms with van der Waals surface area (Å²) in [5.74, 6) is -0.663. The average molecular weight is 695 g/mol. The number of alkyl halides is 3. The molecule has 1 unspecified atom stereocenters. The number of rotatable bonds is 9. The maximum absolute atomic E-state index is 14.5. The summed E-state index contributed by atoms with van der Waals surface area (Å²) in [5.41, 5.74) is 1.11. The molecule has 3 aliphatic rings. The quantitative estimate of drug-likeness (QED) is 0.307. The fourth-order valence-electron chi connectivity index (χ4n) is 6.74. The van der Waals surface area contributed by atoms with Gasteiger partial charge in [-0.1, -0.05) is 42.5 Å². The van der Waals surface area contributed by atoms with Crippen LogP contribution >= 0.6 is 12.2 Å². The number of morpholine rings is 1. The molecule has 3 aromatic rings. The number of ether oxygens (including phenoxy) is 1. The molecule has 0 aromatic heterocycles. The number of nitrogens with one attached hydrogen (secondary N) is 2. The molecule has 3 aliphatic heterocycles. The number of carbonyl (C=O) groups is 2. The fourth-order valence-corrected chi connectivity index (χ4v) is 7.02. The molecule has 0 aliphatic carbocycles. The number of carbonyl (C=O) groups excluding carboxylic acids is 2. The molecule has 260 valence electrons. The number of hydrogen-bond donors (Lipinski definition) is 2. The van der Waals surface area contributed by atoms with Gasteiger partial charge in [-0.25, -0.2) is 0 Å². The number of thiocarbonyl (C=S) groups is 1. The molecule has 0 saturated carbocycles. The predicted octanol–water partition coefficient (Wildman–Crippen LogP) is 4.91. The lowest BCUT2D eigenvalue weighted by atomic mass is 9.83. The number of anilines is 2. The zero-order chi connectivity index (χ0) is 34.6. The van der Waals surface area contributed by atoms with Crippen LogP contribution in [0.5, 0.6) is 0 Å². The Morgan fingerprint density at radius 2 is 1.61 bits per heavy atom. The van der Waals surface area contributed by atoms with Crippen molar-refractivity contribution < 1.29 is 27.5 Å². The van der Waals surface area contributed by atoms with Crippen LogP contribution < -0.4 is 15.5 Å². The average Bonchev–Trinajstić information content (AvgIpc) is 3.48. The van der Waals surface area contributed by atoms with Gasteiger partial charge in [0.15, 0.2) is 5.11 Å². The van der Waals surface area contributed by atoms with Crippen molar-refractivity contribution in [3.8, 4) is 0 Å². The molecule has 1 atom stereocenters. The van der Waals surface area contributed by atoms with Gasteiger partial charge in [0.1, 0.15) is 5.54 Å². The second-order valence-electron chi connectivity index (χ2n) is 12.9. The number of likely N-dealkylation sites (tertiary alicyclic amines) is 1. The molecular formula is C36H41F3N6O3S. The Morgan fingerprint density at radius 3 is 2.24 bits per heavy atom. The van der Waals surface area contributed by atoms with Crippen LogP contribution in [0.3, 0.4) is 0 Å². The zero-order valence-corrected chi connectivity index (χ0v) is 28.2. The number of benzene rings is 3. The SMILES string of the molecule is CN1CCC(C(=O)Nc2ccc(N3CCOCC3)cc2)(N(Cc2ccc(C(F)(F)F)cc2)C(=O)CN2CC(c3ccccc3)NC2=S)CC1. The molecule has 13 heteroatoms. The first kappa shape index (κ1) is 34.7. The first-order valence-electron chi connectivity index (χ1n) is 16.5. The number of piperidine rings is 1. The summed E-state index contributed by atoms with van der Waals surface area (Å²) >= 11 is 5.64. The fraction of sp³-hybridized carbons (Fsp3) is 0.417. The van der Waals surface area contributed by atoms with Gasteiger partial charge < -0.3 is 35.0 Å². The van der Waals surface area contributed by atoms with E-state index in [-0.39, 0.29) is 30.9 Å². The van der Waals surface area contributed by atoms with Crippen LogP contribution in [0.4, 0.5) is 24.5 Å². The summed E-state index contributed by atoms with van der Waals surface area (Å²) in [4.78, 5) is 36.7. The molecule has 3 fully saturated rings. The molecule has 6 rings (SSSR count). The summed E-state index contributed by atoms with van der Waals surface area (Å²) < 4.78 is 45.7. The van der Waals surface area contributed by atoms with E-state index in [4.69, 9.17) is 17.0 Å². The molecule has 49 heavy (non-hydrogen) atoms. The molecular weight excluding hydrogens is 653 g/mol. The van der Waals surface area contributed by atoms with E-state index in [2.05, 4.69) is 20.4 Å². The lowest BCUT2D eigenvalue weighted by Gasteiger charge is -2.47. The largest absolute Gasteiger partial charge is 0.416 e. The van der Waals surface area contributed by atoms with E-state index in [1.54, 1.807) is 9.80 Å². The highest BCUT2D eigenvalue weighted by Gasteiger charge is 2.48. The van der Waals surface area contributed by atoms with E-state index in [9.17, 15) is 22.8 Å². The van der Waals surface area contributed by atoms with Gasteiger partial charge >= 0.3 is 6.18 Å². The standard InChI is InChI=1S/C36H41F3N6O3S/c1-42-17-15-35(16-18-42,33(47)40-29-11-13-30(14-12-29)43-19-21-48-22-20-43)45(23-26-7-9-28(10-8-26)36(37,38)39)32(46)25-44-24-31(41-34(44)49)27-5-3-2-4-6-27/h2-14,31H,15-25H2,1H3,(H,40,47)(H,41,49). The second-order valence-corrected chi connectivity index (χ2v) is 13.3. The van der Waals surface area contributed by atoms with Crippen molar-refractivity contribution in [3.63, 3.8) is 0 Å². The van der Waals surface area contributed by atoms with Crippen molar-refractivity contribution in [2.24, 2.45) is 0 Å². The van der Waals surface area contributed by atoms with E-state index < -0.39 is 17.3 Å². The van der Waals surface area contributed by atoms with Crippen LogP contribution in [0.25, 0.3) is 0 Å². The van der Waals surface area contributed by atoms with Gasteiger partial charge in [-0.2, -0.15) is 13.2 Å². The Kier molecular flexibility index (Phi) is 10.4. The predicted molar refractivity (Wildman–Crippen MR) is 186 cm³/mol. The van der Waals surface area contributed by atoms with Crippen LogP contribution in [0.1, 0.15) is 35.6 Å². The minimum Gasteiger partial charge on any atom is -0.378 e. The van der Waals surface area contributed by atoms with Crippen molar-refractivity contribution in [2.75, 3.05) is 69.7 Å². The highest BCUT2D eigenvalue weighted by atomic mass is 32.1. The Balaban J connectivity index is 1.28. The number of hydrogen-bond acceptors (Lipinski definition) is 6. The van der Waals surface area contributed by atoms with Gasteiger partial charge in [0.25, 0.3) is 0 Å². The molecule has 3 aromatic carbocycles. The van der Waals surface area contributed by atoms with Gasteiger partial charge in [0.05, 0.1) is 31.4 Å². The summed E-state index contributed by atoms with van der Waals surface area (Å²) in [6, 6.07) is 22.1. The molecule has 0 spiro atoms. The smallest absolute Gasteiger partial charge is 0.378 e. The lowest BCUT2D eigenvalue weighted by molar-refractivity contribution is -0.150. The molecule has 2 N–H and O–H groups in total. The Hall–Kier alpha value is -4.20. The van der Waals surface area contributed by atoms with Gasteiger partial charge in [-0.15, -0.1) is 0 Å². The Morgan fingerprint density at radius 1 is 0.959 bits per heavy atom. The van der Waals surface area contributed by atoms with Crippen molar-refractivity contribution in [1.29, 1.82) is 0 Å². The minimum absolute atomic E-state index is 0.0415. The molecule has 3 heterocycles. The van der Waals surface area contributed by atoms with E-state index >= 15 is 0 Å². The number of nitrogens with zero attached hydrogens (tertiary/aromatic N) is 4.